The highest BCUT2D eigenvalue weighted by Crippen LogP contribution is 2.26. The van der Waals surface area contributed by atoms with Crippen LogP contribution in [0.3, 0.4) is 0 Å². The van der Waals surface area contributed by atoms with E-state index < -0.39 is 5.97 Å². The van der Waals surface area contributed by atoms with Crippen molar-refractivity contribution in [1.29, 1.82) is 0 Å². The molecule has 2 rings (SSSR count). The van der Waals surface area contributed by atoms with Gasteiger partial charge in [0, 0.05) is 12.4 Å². The summed E-state index contributed by atoms with van der Waals surface area (Å²) in [7, 11) is 1.44. The van der Waals surface area contributed by atoms with Crippen LogP contribution >= 0.6 is 0 Å². The standard InChI is InChI=1S/C14H12N2O4/c1-20-12-5-4-9(14(18)19)7-11(12)16-13(17)10-3-2-6-15-8-10/h2-8H,1H3,(H,16,17)(H,18,19). The number of carbonyl (C=O) groups is 2. The average molecular weight is 272 g/mol. The van der Waals surface area contributed by atoms with E-state index in [1.54, 1.807) is 18.3 Å². The quantitative estimate of drug-likeness (QED) is 0.889. The minimum atomic E-state index is -1.08. The Morgan fingerprint density at radius 1 is 1.25 bits per heavy atom. The van der Waals surface area contributed by atoms with Crippen molar-refractivity contribution in [3.8, 4) is 5.75 Å². The fraction of sp³-hybridized carbons (Fsp3) is 0.0714. The van der Waals surface area contributed by atoms with Gasteiger partial charge in [0.25, 0.3) is 5.91 Å². The van der Waals surface area contributed by atoms with Crippen LogP contribution in [0.15, 0.2) is 42.7 Å². The number of nitrogens with zero attached hydrogens (tertiary/aromatic N) is 1. The van der Waals surface area contributed by atoms with Gasteiger partial charge in [0.15, 0.2) is 0 Å². The molecule has 0 unspecified atom stereocenters. The van der Waals surface area contributed by atoms with E-state index in [9.17, 15) is 9.59 Å². The Bertz CT molecular complexity index is 641. The topological polar surface area (TPSA) is 88.5 Å². The SMILES string of the molecule is COc1ccc(C(=O)O)cc1NC(=O)c1cccnc1. The van der Waals surface area contributed by atoms with Gasteiger partial charge in [0.2, 0.25) is 0 Å². The number of hydrogen-bond acceptors (Lipinski definition) is 4. The van der Waals surface area contributed by atoms with Crippen LogP contribution in [-0.2, 0) is 0 Å². The summed E-state index contributed by atoms with van der Waals surface area (Å²) in [6.45, 7) is 0. The Balaban J connectivity index is 2.30. The van der Waals surface area contributed by atoms with Crippen LogP contribution in [0.5, 0.6) is 5.75 Å². The summed E-state index contributed by atoms with van der Waals surface area (Å²) in [5, 5.41) is 11.6. The first-order valence-corrected chi connectivity index (χ1v) is 5.74. The number of ether oxygens (including phenoxy) is 1. The van der Waals surface area contributed by atoms with Gasteiger partial charge in [-0.1, -0.05) is 0 Å². The van der Waals surface area contributed by atoms with Crippen molar-refractivity contribution in [3.05, 3.63) is 53.9 Å². The molecular formula is C14H12N2O4. The molecule has 0 radical (unpaired) electrons. The molecule has 0 aliphatic carbocycles. The molecule has 0 atom stereocenters. The summed E-state index contributed by atoms with van der Waals surface area (Å²) >= 11 is 0. The van der Waals surface area contributed by atoms with Crippen LogP contribution in [0.25, 0.3) is 0 Å². The Morgan fingerprint density at radius 2 is 2.05 bits per heavy atom. The lowest BCUT2D eigenvalue weighted by atomic mass is 10.1. The molecule has 0 saturated carbocycles. The van der Waals surface area contributed by atoms with Crippen molar-refractivity contribution in [2.75, 3.05) is 12.4 Å². The van der Waals surface area contributed by atoms with Crippen molar-refractivity contribution in [2.45, 2.75) is 0 Å². The van der Waals surface area contributed by atoms with E-state index in [0.717, 1.165) is 0 Å². The predicted octanol–water partition coefficient (Wildman–Crippen LogP) is 2.04. The highest BCUT2D eigenvalue weighted by atomic mass is 16.5. The Kier molecular flexibility index (Phi) is 3.95. The van der Waals surface area contributed by atoms with Gasteiger partial charge in [-0.2, -0.15) is 0 Å². The molecule has 6 nitrogen and oxygen atoms in total. The van der Waals surface area contributed by atoms with Gasteiger partial charge in [-0.05, 0) is 30.3 Å². The van der Waals surface area contributed by atoms with Gasteiger partial charge in [0.1, 0.15) is 5.75 Å². The van der Waals surface area contributed by atoms with Gasteiger partial charge in [-0.25, -0.2) is 4.79 Å². The van der Waals surface area contributed by atoms with Gasteiger partial charge in [-0.3, -0.25) is 9.78 Å². The summed E-state index contributed by atoms with van der Waals surface area (Å²) in [4.78, 5) is 26.8. The monoisotopic (exact) mass is 272 g/mol. The molecule has 6 heteroatoms. The number of hydrogen-bond donors (Lipinski definition) is 2. The molecule has 0 bridgehead atoms. The number of pyridine rings is 1. The number of amides is 1. The van der Waals surface area contributed by atoms with E-state index in [1.165, 1.54) is 31.5 Å². The van der Waals surface area contributed by atoms with Crippen molar-refractivity contribution in [3.63, 3.8) is 0 Å². The molecule has 0 aliphatic heterocycles. The van der Waals surface area contributed by atoms with Crippen molar-refractivity contribution < 1.29 is 19.4 Å². The molecule has 1 aromatic heterocycles. The maximum Gasteiger partial charge on any atom is 0.335 e. The van der Waals surface area contributed by atoms with Crippen LogP contribution in [0.1, 0.15) is 20.7 Å². The number of nitrogens with one attached hydrogen (secondary N) is 1. The summed E-state index contributed by atoms with van der Waals surface area (Å²) in [5.41, 5.74) is 0.726. The second-order valence-corrected chi connectivity index (χ2v) is 3.92. The number of aromatic nitrogens is 1. The molecule has 102 valence electrons. The van der Waals surface area contributed by atoms with E-state index >= 15 is 0 Å². The number of aromatic carboxylic acids is 1. The maximum atomic E-state index is 12.0. The molecule has 2 N–H and O–H groups in total. The van der Waals surface area contributed by atoms with Gasteiger partial charge < -0.3 is 15.2 Å². The largest absolute Gasteiger partial charge is 0.495 e. The molecular weight excluding hydrogens is 260 g/mol. The highest BCUT2D eigenvalue weighted by molar-refractivity contribution is 6.05. The first-order valence-electron chi connectivity index (χ1n) is 5.74. The maximum absolute atomic E-state index is 12.0. The van der Waals surface area contributed by atoms with Crippen molar-refractivity contribution >= 4 is 17.6 Å². The first-order chi connectivity index (χ1) is 9.61. The van der Waals surface area contributed by atoms with Gasteiger partial charge in [-0.15, -0.1) is 0 Å². The van der Waals surface area contributed by atoms with Crippen molar-refractivity contribution in [1.82, 2.24) is 4.98 Å². The van der Waals surface area contributed by atoms with Crippen LogP contribution in [0.4, 0.5) is 5.69 Å². The van der Waals surface area contributed by atoms with Gasteiger partial charge >= 0.3 is 5.97 Å². The average Bonchev–Trinajstić information content (AvgIpc) is 2.48. The third-order valence-electron chi connectivity index (χ3n) is 2.62. The minimum Gasteiger partial charge on any atom is -0.495 e. The Labute approximate surface area is 115 Å². The number of anilines is 1. The minimum absolute atomic E-state index is 0.0623. The van der Waals surface area contributed by atoms with Gasteiger partial charge in [0.05, 0.1) is 23.9 Å². The Hall–Kier alpha value is -2.89. The number of rotatable bonds is 4. The second-order valence-electron chi connectivity index (χ2n) is 3.92. The molecule has 0 fully saturated rings. The fourth-order valence-corrected chi connectivity index (χ4v) is 1.63. The van der Waals surface area contributed by atoms with E-state index in [4.69, 9.17) is 9.84 Å². The zero-order valence-corrected chi connectivity index (χ0v) is 10.7. The predicted molar refractivity (Wildman–Crippen MR) is 72.1 cm³/mol. The number of benzene rings is 1. The zero-order chi connectivity index (χ0) is 14.5. The highest BCUT2D eigenvalue weighted by Gasteiger charge is 2.12. The van der Waals surface area contributed by atoms with Crippen LogP contribution in [0.2, 0.25) is 0 Å². The zero-order valence-electron chi connectivity index (χ0n) is 10.7. The smallest absolute Gasteiger partial charge is 0.335 e. The Morgan fingerprint density at radius 3 is 2.65 bits per heavy atom. The first kappa shape index (κ1) is 13.5. The van der Waals surface area contributed by atoms with Crippen LogP contribution in [-0.4, -0.2) is 29.1 Å². The van der Waals surface area contributed by atoms with E-state index in [1.807, 2.05) is 0 Å². The summed E-state index contributed by atoms with van der Waals surface area (Å²) in [6.07, 6.45) is 2.98. The van der Waals surface area contributed by atoms with Crippen LogP contribution < -0.4 is 10.1 Å². The van der Waals surface area contributed by atoms with E-state index in [2.05, 4.69) is 10.3 Å². The molecule has 0 saturated heterocycles. The number of carboxylic acids is 1. The molecule has 20 heavy (non-hydrogen) atoms. The van der Waals surface area contributed by atoms with Crippen molar-refractivity contribution in [2.24, 2.45) is 0 Å². The molecule has 1 amide bonds. The van der Waals surface area contributed by atoms with E-state index in [-0.39, 0.29) is 11.5 Å². The lowest BCUT2D eigenvalue weighted by Gasteiger charge is -2.10. The summed E-state index contributed by atoms with van der Waals surface area (Å²) < 4.78 is 5.09. The summed E-state index contributed by atoms with van der Waals surface area (Å²) in [6, 6.07) is 7.48. The van der Waals surface area contributed by atoms with Crippen LogP contribution in [0, 0.1) is 0 Å². The molecule has 1 aromatic carbocycles. The molecule has 2 aromatic rings. The normalized spacial score (nSPS) is 9.85. The summed E-state index contributed by atoms with van der Waals surface area (Å²) in [5.74, 6) is -1.09. The molecule has 0 aliphatic rings. The van der Waals surface area contributed by atoms with E-state index in [0.29, 0.717) is 17.0 Å². The number of methoxy groups -OCH3 is 1. The molecule has 0 spiro atoms. The number of carbonyl (C=O) groups excluding carboxylic acids is 1. The third kappa shape index (κ3) is 2.92. The fourth-order valence-electron chi connectivity index (χ4n) is 1.63. The number of carboxylic acid groups (broad SMARTS) is 1. The third-order valence-corrected chi connectivity index (χ3v) is 2.62. The molecule has 1 heterocycles. The lowest BCUT2D eigenvalue weighted by molar-refractivity contribution is 0.0696. The second kappa shape index (κ2) is 5.83. The lowest BCUT2D eigenvalue weighted by Crippen LogP contribution is -2.13.